The van der Waals surface area contributed by atoms with E-state index in [-0.39, 0.29) is 17.1 Å². The van der Waals surface area contributed by atoms with E-state index in [1.54, 1.807) is 31.4 Å². The van der Waals surface area contributed by atoms with Crippen LogP contribution in [0.2, 0.25) is 0 Å². The maximum absolute atomic E-state index is 12.6. The summed E-state index contributed by atoms with van der Waals surface area (Å²) >= 11 is 1.39. The number of fused-ring (bicyclic) bond motifs is 1. The normalized spacial score (nSPS) is 11.7. The number of nitrogens with one attached hydrogen (secondary N) is 2. The van der Waals surface area contributed by atoms with Crippen molar-refractivity contribution in [2.45, 2.75) is 31.0 Å². The lowest BCUT2D eigenvalue weighted by molar-refractivity contribution is -0.115. The van der Waals surface area contributed by atoms with Crippen LogP contribution in [0, 0.1) is 6.92 Å². The largest absolute Gasteiger partial charge is 0.494 e. The van der Waals surface area contributed by atoms with Crippen molar-refractivity contribution in [1.29, 1.82) is 0 Å². The number of amides is 2. The zero-order valence-electron chi connectivity index (χ0n) is 16.8. The molecule has 0 fully saturated rings. The molecule has 2 amide bonds. The Hall–Kier alpha value is -3.06. The maximum Gasteiger partial charge on any atom is 0.237 e. The summed E-state index contributed by atoms with van der Waals surface area (Å²) in [5.41, 5.74) is 3.22. The van der Waals surface area contributed by atoms with Crippen LogP contribution in [0.1, 0.15) is 19.4 Å². The molecule has 6 nitrogen and oxygen atoms in total. The highest BCUT2D eigenvalue weighted by Crippen LogP contribution is 2.31. The highest BCUT2D eigenvalue weighted by Gasteiger charge is 2.17. The number of nitrogens with zero attached hydrogens (tertiary/aromatic N) is 1. The van der Waals surface area contributed by atoms with E-state index in [0.717, 1.165) is 21.5 Å². The van der Waals surface area contributed by atoms with Gasteiger partial charge in [-0.15, -0.1) is 0 Å². The molecule has 1 atom stereocenters. The molecule has 2 aromatic carbocycles. The molecule has 0 bridgehead atoms. The van der Waals surface area contributed by atoms with Crippen LogP contribution in [0.5, 0.6) is 5.75 Å². The average molecular weight is 410 g/mol. The van der Waals surface area contributed by atoms with Gasteiger partial charge < -0.3 is 15.4 Å². The molecule has 150 valence electrons. The molecule has 7 heteroatoms. The van der Waals surface area contributed by atoms with E-state index in [1.165, 1.54) is 18.7 Å². The first kappa shape index (κ1) is 20.7. The van der Waals surface area contributed by atoms with Gasteiger partial charge in [0.15, 0.2) is 0 Å². The van der Waals surface area contributed by atoms with Crippen LogP contribution in [0.3, 0.4) is 0 Å². The molecule has 0 spiro atoms. The van der Waals surface area contributed by atoms with E-state index in [1.807, 2.05) is 38.1 Å². The number of ether oxygens (including phenoxy) is 1. The Morgan fingerprint density at radius 3 is 2.34 bits per heavy atom. The molecule has 0 saturated carbocycles. The minimum absolute atomic E-state index is 0.123. The first-order valence-electron chi connectivity index (χ1n) is 9.17. The second-order valence-electron chi connectivity index (χ2n) is 6.64. The van der Waals surface area contributed by atoms with Gasteiger partial charge in [0.1, 0.15) is 11.3 Å². The molecule has 1 heterocycles. The number of benzene rings is 2. The number of hydrogen-bond donors (Lipinski definition) is 2. The van der Waals surface area contributed by atoms with Crippen molar-refractivity contribution < 1.29 is 14.3 Å². The van der Waals surface area contributed by atoms with Gasteiger partial charge in [0.05, 0.1) is 17.4 Å². The Labute approximate surface area is 174 Å². The van der Waals surface area contributed by atoms with E-state index in [9.17, 15) is 9.59 Å². The quantitative estimate of drug-likeness (QED) is 0.580. The monoisotopic (exact) mass is 409 g/mol. The Bertz CT molecular complexity index is 1050. The lowest BCUT2D eigenvalue weighted by Gasteiger charge is -2.14. The first-order chi connectivity index (χ1) is 13.9. The van der Waals surface area contributed by atoms with Crippen molar-refractivity contribution in [2.24, 2.45) is 0 Å². The molecule has 3 rings (SSSR count). The van der Waals surface area contributed by atoms with E-state index in [2.05, 4.69) is 10.6 Å². The summed E-state index contributed by atoms with van der Waals surface area (Å²) in [5, 5.41) is 7.04. The van der Waals surface area contributed by atoms with Gasteiger partial charge in [-0.05, 0) is 55.8 Å². The third-order valence-corrected chi connectivity index (χ3v) is 5.36. The van der Waals surface area contributed by atoms with E-state index < -0.39 is 0 Å². The molecule has 0 aliphatic heterocycles. The van der Waals surface area contributed by atoms with Gasteiger partial charge in [0.25, 0.3) is 0 Å². The van der Waals surface area contributed by atoms with Crippen LogP contribution in [0.25, 0.3) is 10.9 Å². The number of pyridine rings is 1. The summed E-state index contributed by atoms with van der Waals surface area (Å²) in [5.74, 6) is 0.452. The van der Waals surface area contributed by atoms with Crippen molar-refractivity contribution in [1.82, 2.24) is 4.98 Å². The predicted molar refractivity (Wildman–Crippen MR) is 118 cm³/mol. The lowest BCUT2D eigenvalue weighted by Crippen LogP contribution is -2.22. The van der Waals surface area contributed by atoms with Gasteiger partial charge in [-0.3, -0.25) is 9.59 Å². The fourth-order valence-corrected chi connectivity index (χ4v) is 3.82. The molecule has 0 unspecified atom stereocenters. The topological polar surface area (TPSA) is 80.3 Å². The maximum atomic E-state index is 12.6. The Kier molecular flexibility index (Phi) is 6.39. The number of methoxy groups -OCH3 is 1. The molecule has 0 aliphatic carbocycles. The Morgan fingerprint density at radius 1 is 1.07 bits per heavy atom. The van der Waals surface area contributed by atoms with Crippen LogP contribution < -0.4 is 15.4 Å². The fourth-order valence-electron chi connectivity index (χ4n) is 2.91. The minimum atomic E-state index is -0.343. The van der Waals surface area contributed by atoms with Gasteiger partial charge in [-0.25, -0.2) is 4.98 Å². The van der Waals surface area contributed by atoms with Crippen molar-refractivity contribution in [3.8, 4) is 5.75 Å². The number of thioether (sulfide) groups is 1. The molecule has 0 aliphatic rings. The van der Waals surface area contributed by atoms with Crippen molar-refractivity contribution in [2.75, 3.05) is 17.7 Å². The summed E-state index contributed by atoms with van der Waals surface area (Å²) in [6.07, 6.45) is 0. The van der Waals surface area contributed by atoms with Crippen molar-refractivity contribution in [3.63, 3.8) is 0 Å². The summed E-state index contributed by atoms with van der Waals surface area (Å²) < 4.78 is 5.43. The second kappa shape index (κ2) is 8.96. The standard InChI is InChI=1S/C22H23N3O3S/c1-13-12-20(25-21-18(13)6-5-7-19(21)28-4)29-14(2)22(27)24-17-10-8-16(9-11-17)23-15(3)26/h5-12,14H,1-4H3,(H,23,26)(H,24,27)/t14-/m1/s1. The zero-order chi connectivity index (χ0) is 21.0. The van der Waals surface area contributed by atoms with Crippen molar-refractivity contribution >= 4 is 45.9 Å². The van der Waals surface area contributed by atoms with Crippen LogP contribution in [-0.2, 0) is 9.59 Å². The van der Waals surface area contributed by atoms with Crippen molar-refractivity contribution in [3.05, 3.63) is 54.1 Å². The molecule has 0 radical (unpaired) electrons. The number of aromatic nitrogens is 1. The predicted octanol–water partition coefficient (Wildman–Crippen LogP) is 4.63. The lowest BCUT2D eigenvalue weighted by atomic mass is 10.1. The first-order valence-corrected chi connectivity index (χ1v) is 10.0. The molecule has 2 N–H and O–H groups in total. The highest BCUT2D eigenvalue weighted by atomic mass is 32.2. The number of anilines is 2. The number of carbonyl (C=O) groups excluding carboxylic acids is 2. The smallest absolute Gasteiger partial charge is 0.237 e. The number of carbonyl (C=O) groups is 2. The van der Waals surface area contributed by atoms with Crippen LogP contribution >= 0.6 is 11.8 Å². The van der Waals surface area contributed by atoms with Crippen LogP contribution in [0.15, 0.2) is 53.6 Å². The summed E-state index contributed by atoms with van der Waals surface area (Å²) in [4.78, 5) is 28.4. The molecular weight excluding hydrogens is 386 g/mol. The van der Waals surface area contributed by atoms with Crippen LogP contribution in [0.4, 0.5) is 11.4 Å². The summed E-state index contributed by atoms with van der Waals surface area (Å²) in [7, 11) is 1.62. The minimum Gasteiger partial charge on any atom is -0.494 e. The van der Waals surface area contributed by atoms with Gasteiger partial charge in [0.2, 0.25) is 11.8 Å². The van der Waals surface area contributed by atoms with Gasteiger partial charge in [0, 0.05) is 23.7 Å². The number of hydrogen-bond acceptors (Lipinski definition) is 5. The molecule has 1 aromatic heterocycles. The number of rotatable bonds is 6. The fraction of sp³-hybridized carbons (Fsp3) is 0.227. The van der Waals surface area contributed by atoms with Crippen LogP contribution in [-0.4, -0.2) is 29.2 Å². The molecule has 3 aromatic rings. The second-order valence-corrected chi connectivity index (χ2v) is 8.00. The SMILES string of the molecule is COc1cccc2c(C)cc(S[C@H](C)C(=O)Nc3ccc(NC(C)=O)cc3)nc12. The summed E-state index contributed by atoms with van der Waals surface area (Å²) in [6, 6.07) is 14.8. The van der Waals surface area contributed by atoms with E-state index in [4.69, 9.17) is 9.72 Å². The molecule has 29 heavy (non-hydrogen) atoms. The Morgan fingerprint density at radius 2 is 1.72 bits per heavy atom. The average Bonchev–Trinajstić information content (AvgIpc) is 2.68. The third kappa shape index (κ3) is 5.06. The highest BCUT2D eigenvalue weighted by molar-refractivity contribution is 8.00. The molecule has 0 saturated heterocycles. The third-order valence-electron chi connectivity index (χ3n) is 4.35. The van der Waals surface area contributed by atoms with E-state index >= 15 is 0 Å². The summed E-state index contributed by atoms with van der Waals surface area (Å²) in [6.45, 7) is 5.32. The molecular formula is C22H23N3O3S. The Balaban J connectivity index is 1.71. The van der Waals surface area contributed by atoms with E-state index in [0.29, 0.717) is 17.1 Å². The number of aryl methyl sites for hydroxylation is 1. The number of para-hydroxylation sites is 1. The zero-order valence-corrected chi connectivity index (χ0v) is 17.6. The van der Waals surface area contributed by atoms with Gasteiger partial charge >= 0.3 is 0 Å². The van der Waals surface area contributed by atoms with Gasteiger partial charge in [-0.2, -0.15) is 0 Å². The van der Waals surface area contributed by atoms with Gasteiger partial charge in [-0.1, -0.05) is 23.9 Å².